The van der Waals surface area contributed by atoms with Crippen LogP contribution in [0.25, 0.3) is 0 Å². The van der Waals surface area contributed by atoms with Crippen molar-refractivity contribution in [1.82, 2.24) is 0 Å². The Morgan fingerprint density at radius 2 is 1.86 bits per heavy atom. The molecule has 1 spiro atoms. The van der Waals surface area contributed by atoms with Gasteiger partial charge >= 0.3 is 0 Å². The lowest BCUT2D eigenvalue weighted by Crippen LogP contribution is -2.52. The van der Waals surface area contributed by atoms with Crippen molar-refractivity contribution >= 4 is 28.8 Å². The van der Waals surface area contributed by atoms with Crippen molar-refractivity contribution in [2.75, 3.05) is 10.2 Å². The van der Waals surface area contributed by atoms with Crippen molar-refractivity contribution in [3.8, 4) is 6.07 Å². The number of allylic oxidation sites excluding steroid dienone is 1. The first-order chi connectivity index (χ1) is 16.5. The summed E-state index contributed by atoms with van der Waals surface area (Å²) in [5.74, 6) is -1.73. The Kier molecular flexibility index (Phi) is 4.61. The average molecular weight is 473 g/mol. The molecule has 35 heavy (non-hydrogen) atoms. The summed E-state index contributed by atoms with van der Waals surface area (Å²) in [6, 6.07) is 11.3. The van der Waals surface area contributed by atoms with Crippen molar-refractivity contribution in [3.05, 3.63) is 86.6 Å². The molecule has 1 aliphatic carbocycles. The number of rotatable bonds is 2. The van der Waals surface area contributed by atoms with E-state index in [1.807, 2.05) is 19.9 Å². The van der Waals surface area contributed by atoms with Gasteiger partial charge in [0.1, 0.15) is 23.1 Å². The van der Waals surface area contributed by atoms with Crippen LogP contribution in [0.3, 0.4) is 0 Å². The summed E-state index contributed by atoms with van der Waals surface area (Å²) in [6.07, 6.45) is 0.433. The fourth-order valence-electron chi connectivity index (χ4n) is 5.41. The summed E-state index contributed by atoms with van der Waals surface area (Å²) in [5, 5.41) is 24.1. The first-order valence-electron chi connectivity index (χ1n) is 10.8. The first kappa shape index (κ1) is 22.3. The standard InChI is InChI=1S/C25H20FN5O4/c1-24(2)10-19-21(20(32)11-24)25(16-9-13(26)3-8-18(16)29-23(25)33)17(12-27)22(28)30(19)14-4-6-15(7-5-14)31(34)35/h3-9H,10-11,28H2,1-2H3,(H,29,33). The summed E-state index contributed by atoms with van der Waals surface area (Å²) < 4.78 is 14.4. The van der Waals surface area contributed by atoms with Crippen molar-refractivity contribution in [3.63, 3.8) is 0 Å². The number of fused-ring (bicyclic) bond motifs is 3. The number of benzene rings is 2. The quantitative estimate of drug-likeness (QED) is 0.499. The Morgan fingerprint density at radius 1 is 1.17 bits per heavy atom. The lowest BCUT2D eigenvalue weighted by Gasteiger charge is -2.46. The predicted octanol–water partition coefficient (Wildman–Crippen LogP) is 3.78. The molecule has 2 aromatic rings. The number of amides is 1. The maximum atomic E-state index is 14.4. The highest BCUT2D eigenvalue weighted by Crippen LogP contribution is 2.57. The highest BCUT2D eigenvalue weighted by molar-refractivity contribution is 6.20. The number of nitro groups is 1. The van der Waals surface area contributed by atoms with Crippen LogP contribution in [0.2, 0.25) is 0 Å². The fourth-order valence-corrected chi connectivity index (χ4v) is 5.41. The maximum Gasteiger partial charge on any atom is 0.269 e. The minimum atomic E-state index is -1.89. The third kappa shape index (κ3) is 2.98. The van der Waals surface area contributed by atoms with Crippen LogP contribution in [0.15, 0.2) is 65.1 Å². The Labute approximate surface area is 199 Å². The highest BCUT2D eigenvalue weighted by atomic mass is 19.1. The van der Waals surface area contributed by atoms with Gasteiger partial charge in [-0.05, 0) is 42.2 Å². The summed E-state index contributed by atoms with van der Waals surface area (Å²) in [7, 11) is 0. The molecule has 1 amide bonds. The maximum absolute atomic E-state index is 14.4. The molecule has 5 rings (SSSR count). The number of nitrogens with two attached hydrogens (primary N) is 1. The molecular weight excluding hydrogens is 453 g/mol. The van der Waals surface area contributed by atoms with Gasteiger partial charge in [-0.15, -0.1) is 0 Å². The molecule has 3 aliphatic rings. The molecule has 2 heterocycles. The van der Waals surface area contributed by atoms with E-state index >= 15 is 0 Å². The van der Waals surface area contributed by atoms with Crippen LogP contribution in [0.4, 0.5) is 21.5 Å². The molecule has 3 N–H and O–H groups in total. The molecular formula is C25H20FN5O4. The van der Waals surface area contributed by atoms with Gasteiger partial charge in [0.05, 0.1) is 10.5 Å². The largest absolute Gasteiger partial charge is 0.384 e. The second-order valence-electron chi connectivity index (χ2n) is 9.64. The van der Waals surface area contributed by atoms with Crippen LogP contribution >= 0.6 is 0 Å². The Balaban J connectivity index is 1.86. The van der Waals surface area contributed by atoms with Crippen LogP contribution in [0, 0.1) is 32.7 Å². The van der Waals surface area contributed by atoms with Crippen molar-refractivity contribution in [1.29, 1.82) is 5.26 Å². The molecule has 2 aromatic carbocycles. The monoisotopic (exact) mass is 473 g/mol. The van der Waals surface area contributed by atoms with E-state index in [0.717, 1.165) is 6.07 Å². The van der Waals surface area contributed by atoms with Gasteiger partial charge in [-0.25, -0.2) is 4.39 Å². The zero-order chi connectivity index (χ0) is 25.3. The number of halogens is 1. The molecule has 0 saturated heterocycles. The molecule has 176 valence electrons. The number of ketones is 1. The van der Waals surface area contributed by atoms with Crippen molar-refractivity contribution in [2.24, 2.45) is 11.1 Å². The molecule has 2 aliphatic heterocycles. The van der Waals surface area contributed by atoms with E-state index in [1.165, 1.54) is 41.3 Å². The summed E-state index contributed by atoms with van der Waals surface area (Å²) in [4.78, 5) is 39.4. The number of nitriles is 1. The predicted molar refractivity (Wildman–Crippen MR) is 124 cm³/mol. The first-order valence-corrected chi connectivity index (χ1v) is 10.8. The van der Waals surface area contributed by atoms with Gasteiger partial charge in [-0.1, -0.05) is 13.8 Å². The zero-order valence-electron chi connectivity index (χ0n) is 18.9. The summed E-state index contributed by atoms with van der Waals surface area (Å²) >= 11 is 0. The Morgan fingerprint density at radius 3 is 2.49 bits per heavy atom. The Hall–Kier alpha value is -4.52. The minimum Gasteiger partial charge on any atom is -0.384 e. The highest BCUT2D eigenvalue weighted by Gasteiger charge is 2.61. The van der Waals surface area contributed by atoms with Crippen LogP contribution in [0.1, 0.15) is 32.3 Å². The molecule has 0 bridgehead atoms. The van der Waals surface area contributed by atoms with Crippen LogP contribution in [-0.2, 0) is 15.0 Å². The Bertz CT molecular complexity index is 1450. The van der Waals surface area contributed by atoms with E-state index in [1.54, 1.807) is 0 Å². The molecule has 1 atom stereocenters. The van der Waals surface area contributed by atoms with Gasteiger partial charge in [0.15, 0.2) is 5.78 Å². The molecule has 1 unspecified atom stereocenters. The lowest BCUT2D eigenvalue weighted by molar-refractivity contribution is -0.384. The second kappa shape index (κ2) is 7.24. The third-order valence-electron chi connectivity index (χ3n) is 6.77. The van der Waals surface area contributed by atoms with E-state index in [-0.39, 0.29) is 40.4 Å². The normalized spacial score (nSPS) is 22.6. The molecule has 0 aromatic heterocycles. The van der Waals surface area contributed by atoms with Crippen LogP contribution < -0.4 is 16.0 Å². The van der Waals surface area contributed by atoms with Crippen molar-refractivity contribution in [2.45, 2.75) is 32.1 Å². The molecule has 0 saturated carbocycles. The van der Waals surface area contributed by atoms with E-state index in [2.05, 4.69) is 5.32 Å². The smallest absolute Gasteiger partial charge is 0.269 e. The van der Waals surface area contributed by atoms with Crippen molar-refractivity contribution < 1.29 is 18.9 Å². The number of anilines is 2. The lowest BCUT2D eigenvalue weighted by atomic mass is 9.60. The number of hydrogen-bond donors (Lipinski definition) is 2. The van der Waals surface area contributed by atoms with E-state index < -0.39 is 27.5 Å². The number of Topliss-reactive ketones (excluding diaryl/α,β-unsaturated/α-hetero) is 1. The van der Waals surface area contributed by atoms with Gasteiger partial charge in [0.25, 0.3) is 5.69 Å². The van der Waals surface area contributed by atoms with Gasteiger partial charge < -0.3 is 11.1 Å². The number of nitrogens with one attached hydrogen (secondary N) is 1. The number of non-ortho nitro benzene ring substituents is 1. The molecule has 10 heteroatoms. The van der Waals surface area contributed by atoms with Crippen LogP contribution in [-0.4, -0.2) is 16.6 Å². The topological polar surface area (TPSA) is 142 Å². The van der Waals surface area contributed by atoms with E-state index in [0.29, 0.717) is 23.5 Å². The number of carbonyl (C=O) groups is 2. The summed E-state index contributed by atoms with van der Waals surface area (Å²) in [5.41, 5.74) is 5.14. The summed E-state index contributed by atoms with van der Waals surface area (Å²) in [6.45, 7) is 3.80. The number of hydrogen-bond acceptors (Lipinski definition) is 7. The van der Waals surface area contributed by atoms with Gasteiger partial charge in [-0.2, -0.15) is 5.26 Å². The number of nitro benzene ring substituents is 1. The number of nitrogens with zero attached hydrogens (tertiary/aromatic N) is 3. The van der Waals surface area contributed by atoms with Gasteiger partial charge in [0.2, 0.25) is 5.91 Å². The average Bonchev–Trinajstić information content (AvgIpc) is 3.05. The SMILES string of the molecule is CC1(C)CC(=O)C2=C(C1)N(c1ccc([N+](=O)[O-])cc1)C(N)=C(C#N)C21C(=O)Nc2ccc(F)cc21. The fraction of sp³-hybridized carbons (Fsp3) is 0.240. The zero-order valence-corrected chi connectivity index (χ0v) is 18.9. The number of carbonyl (C=O) groups excluding carboxylic acids is 2. The molecule has 0 fully saturated rings. The molecule has 9 nitrogen and oxygen atoms in total. The molecule has 0 radical (unpaired) electrons. The van der Waals surface area contributed by atoms with Gasteiger partial charge in [-0.3, -0.25) is 24.6 Å². The van der Waals surface area contributed by atoms with E-state index in [4.69, 9.17) is 5.73 Å². The second-order valence-corrected chi connectivity index (χ2v) is 9.64. The van der Waals surface area contributed by atoms with E-state index in [9.17, 15) is 29.4 Å². The van der Waals surface area contributed by atoms with Gasteiger partial charge in [0, 0.05) is 46.8 Å². The minimum absolute atomic E-state index is 0.0720. The van der Waals surface area contributed by atoms with Crippen LogP contribution in [0.5, 0.6) is 0 Å². The third-order valence-corrected chi connectivity index (χ3v) is 6.77.